The molecule has 0 bridgehead atoms. The van der Waals surface area contributed by atoms with Crippen molar-refractivity contribution in [3.8, 4) is 0 Å². The third kappa shape index (κ3) is 4.57. The maximum absolute atomic E-state index is 11.7. The second kappa shape index (κ2) is 6.02. The Morgan fingerprint density at radius 3 is 2.44 bits per heavy atom. The molecule has 1 aliphatic carbocycles. The molecule has 0 aromatic rings. The van der Waals surface area contributed by atoms with Gasteiger partial charge in [0.2, 0.25) is 0 Å². The van der Waals surface area contributed by atoms with Gasteiger partial charge in [0, 0.05) is 0 Å². The van der Waals surface area contributed by atoms with Crippen molar-refractivity contribution in [2.24, 2.45) is 17.8 Å². The van der Waals surface area contributed by atoms with Gasteiger partial charge in [0.25, 0.3) is 0 Å². The Hall–Kier alpha value is -0.620. The van der Waals surface area contributed by atoms with E-state index in [1.165, 1.54) is 6.92 Å². The number of ether oxygens (including phenoxy) is 1. The molecule has 1 rings (SSSR count). The number of rotatable bonds is 5. The van der Waals surface area contributed by atoms with Gasteiger partial charge in [-0.2, -0.15) is 0 Å². The van der Waals surface area contributed by atoms with Crippen molar-refractivity contribution in [1.29, 1.82) is 0 Å². The second-order valence-corrected chi connectivity index (χ2v) is 6.89. The molecule has 18 heavy (non-hydrogen) atoms. The fourth-order valence-electron chi connectivity index (χ4n) is 2.50. The van der Waals surface area contributed by atoms with Gasteiger partial charge in [-0.25, -0.2) is 8.42 Å². The molecule has 1 fully saturated rings. The molecule has 106 valence electrons. The van der Waals surface area contributed by atoms with Gasteiger partial charge in [0.1, 0.15) is 6.10 Å². The fraction of sp³-hybridized carbons (Fsp3) is 0.917. The van der Waals surface area contributed by atoms with E-state index in [1.54, 1.807) is 0 Å². The van der Waals surface area contributed by atoms with Crippen LogP contribution in [0.5, 0.6) is 0 Å². The van der Waals surface area contributed by atoms with Crippen molar-refractivity contribution >= 4 is 16.1 Å². The highest BCUT2D eigenvalue weighted by Gasteiger charge is 2.33. The smallest absolute Gasteiger partial charge is 0.309 e. The molecule has 1 saturated carbocycles. The lowest BCUT2D eigenvalue weighted by molar-refractivity contribution is -0.155. The first kappa shape index (κ1) is 15.4. The van der Waals surface area contributed by atoms with Gasteiger partial charge >= 0.3 is 5.97 Å². The van der Waals surface area contributed by atoms with Crippen LogP contribution in [0, 0.1) is 17.8 Å². The highest BCUT2D eigenvalue weighted by atomic mass is 32.2. The summed E-state index contributed by atoms with van der Waals surface area (Å²) in [4.78, 5) is 11.7. The van der Waals surface area contributed by atoms with Crippen LogP contribution in [0.25, 0.3) is 0 Å². The molecular formula is C12H21O5S-. The van der Waals surface area contributed by atoms with E-state index in [4.69, 9.17) is 4.74 Å². The monoisotopic (exact) mass is 277 g/mol. The van der Waals surface area contributed by atoms with Crippen LogP contribution < -0.4 is 0 Å². The highest BCUT2D eigenvalue weighted by Crippen LogP contribution is 2.34. The van der Waals surface area contributed by atoms with Gasteiger partial charge in [0.05, 0.1) is 21.8 Å². The Morgan fingerprint density at radius 1 is 1.33 bits per heavy atom. The van der Waals surface area contributed by atoms with Crippen LogP contribution in [0.2, 0.25) is 0 Å². The van der Waals surface area contributed by atoms with Crippen molar-refractivity contribution in [3.63, 3.8) is 0 Å². The highest BCUT2D eigenvalue weighted by molar-refractivity contribution is 7.85. The summed E-state index contributed by atoms with van der Waals surface area (Å²) in [5.74, 6) is -1.38. The summed E-state index contributed by atoms with van der Waals surface area (Å²) >= 11 is 0. The van der Waals surface area contributed by atoms with Crippen molar-refractivity contribution in [3.05, 3.63) is 0 Å². The maximum atomic E-state index is 11.7. The van der Waals surface area contributed by atoms with Crippen molar-refractivity contribution in [2.75, 3.05) is 5.75 Å². The zero-order chi connectivity index (χ0) is 13.9. The molecule has 6 heteroatoms. The fourth-order valence-corrected chi connectivity index (χ4v) is 3.25. The van der Waals surface area contributed by atoms with Crippen LogP contribution in [0.15, 0.2) is 0 Å². The molecule has 0 aliphatic heterocycles. The molecule has 3 unspecified atom stereocenters. The van der Waals surface area contributed by atoms with Crippen molar-refractivity contribution in [2.45, 2.75) is 46.1 Å². The number of esters is 1. The van der Waals surface area contributed by atoms with Crippen LogP contribution in [0.4, 0.5) is 0 Å². The predicted octanol–water partition coefficient (Wildman–Crippen LogP) is 1.54. The zero-order valence-corrected chi connectivity index (χ0v) is 11.9. The van der Waals surface area contributed by atoms with E-state index in [9.17, 15) is 17.8 Å². The molecule has 0 amide bonds. The molecule has 0 aromatic heterocycles. The van der Waals surface area contributed by atoms with Crippen LogP contribution in [-0.4, -0.2) is 30.8 Å². The first-order chi connectivity index (χ1) is 8.20. The first-order valence-corrected chi connectivity index (χ1v) is 7.92. The van der Waals surface area contributed by atoms with Crippen LogP contribution in [0.3, 0.4) is 0 Å². The van der Waals surface area contributed by atoms with Gasteiger partial charge in [-0.1, -0.05) is 20.8 Å². The van der Waals surface area contributed by atoms with E-state index >= 15 is 0 Å². The molecule has 0 aromatic carbocycles. The average molecular weight is 277 g/mol. The minimum atomic E-state index is -4.38. The Kier molecular flexibility index (Phi) is 5.16. The molecule has 0 radical (unpaired) electrons. The van der Waals surface area contributed by atoms with Gasteiger partial charge < -0.3 is 9.29 Å². The SMILES string of the molecule is CC(CS(=O)(=O)[O-])C(=O)OC1CCCC1C(C)C. The van der Waals surface area contributed by atoms with E-state index in [2.05, 4.69) is 13.8 Å². The molecule has 0 spiro atoms. The largest absolute Gasteiger partial charge is 0.748 e. The quantitative estimate of drug-likeness (QED) is 0.562. The summed E-state index contributed by atoms with van der Waals surface area (Å²) < 4.78 is 37.1. The Bertz CT molecular complexity index is 387. The Balaban J connectivity index is 2.54. The normalized spacial score (nSPS) is 26.3. The number of hydrogen-bond acceptors (Lipinski definition) is 5. The molecule has 0 saturated heterocycles. The van der Waals surface area contributed by atoms with Gasteiger partial charge in [-0.05, 0) is 31.1 Å². The Morgan fingerprint density at radius 2 is 1.94 bits per heavy atom. The van der Waals surface area contributed by atoms with Crippen LogP contribution >= 0.6 is 0 Å². The summed E-state index contributed by atoms with van der Waals surface area (Å²) in [7, 11) is -4.38. The Labute approximate surface area is 109 Å². The molecule has 5 nitrogen and oxygen atoms in total. The number of carbonyl (C=O) groups is 1. The summed E-state index contributed by atoms with van der Waals surface area (Å²) in [5.41, 5.74) is 0. The standard InChI is InChI=1S/C12H22O5S/c1-8(2)10-5-4-6-11(10)17-12(13)9(3)7-18(14,15)16/h8-11H,4-7H2,1-3H3,(H,14,15,16)/p-1. The van der Waals surface area contributed by atoms with Crippen molar-refractivity contribution < 1.29 is 22.5 Å². The summed E-state index contributed by atoms with van der Waals surface area (Å²) in [6.07, 6.45) is 2.75. The van der Waals surface area contributed by atoms with Gasteiger partial charge in [-0.15, -0.1) is 0 Å². The molecule has 0 N–H and O–H groups in total. The lowest BCUT2D eigenvalue weighted by Gasteiger charge is -2.24. The van der Waals surface area contributed by atoms with E-state index in [1.807, 2.05) is 0 Å². The first-order valence-electron chi connectivity index (χ1n) is 6.34. The zero-order valence-electron chi connectivity index (χ0n) is 11.1. The van der Waals surface area contributed by atoms with E-state index < -0.39 is 27.8 Å². The topological polar surface area (TPSA) is 83.5 Å². The second-order valence-electron chi connectivity index (χ2n) is 5.44. The maximum Gasteiger partial charge on any atom is 0.309 e. The third-order valence-corrected chi connectivity index (χ3v) is 4.39. The lowest BCUT2D eigenvalue weighted by atomic mass is 9.92. The van der Waals surface area contributed by atoms with Gasteiger partial charge in [-0.3, -0.25) is 4.79 Å². The van der Waals surface area contributed by atoms with Crippen molar-refractivity contribution in [1.82, 2.24) is 0 Å². The summed E-state index contributed by atoms with van der Waals surface area (Å²) in [6.45, 7) is 5.59. The van der Waals surface area contributed by atoms with E-state index in [0.29, 0.717) is 11.8 Å². The number of carbonyl (C=O) groups excluding carboxylic acids is 1. The molecule has 3 atom stereocenters. The molecular weight excluding hydrogens is 256 g/mol. The molecule has 1 aliphatic rings. The summed E-state index contributed by atoms with van der Waals surface area (Å²) in [6, 6.07) is 0. The minimum Gasteiger partial charge on any atom is -0.748 e. The van der Waals surface area contributed by atoms with Crippen LogP contribution in [-0.2, 0) is 19.6 Å². The number of hydrogen-bond donors (Lipinski definition) is 0. The van der Waals surface area contributed by atoms with E-state index in [0.717, 1.165) is 19.3 Å². The van der Waals surface area contributed by atoms with Crippen LogP contribution in [0.1, 0.15) is 40.0 Å². The molecule has 0 heterocycles. The lowest BCUT2D eigenvalue weighted by Crippen LogP contribution is -2.30. The minimum absolute atomic E-state index is 0.130. The van der Waals surface area contributed by atoms with E-state index in [-0.39, 0.29) is 6.10 Å². The van der Waals surface area contributed by atoms with Gasteiger partial charge in [0.15, 0.2) is 0 Å². The predicted molar refractivity (Wildman–Crippen MR) is 65.8 cm³/mol. The average Bonchev–Trinajstić information content (AvgIpc) is 2.62. The summed E-state index contributed by atoms with van der Waals surface area (Å²) in [5, 5.41) is 0. The third-order valence-electron chi connectivity index (χ3n) is 3.48.